The van der Waals surface area contributed by atoms with Crippen molar-refractivity contribution in [1.82, 2.24) is 0 Å². The van der Waals surface area contributed by atoms with Crippen molar-refractivity contribution in [2.45, 2.75) is 6.92 Å². The fourth-order valence-corrected chi connectivity index (χ4v) is 3.32. The molecule has 0 aliphatic carbocycles. The molecular weight excluding hydrogens is 350 g/mol. The SMILES string of the molecule is CCOC(=O)/C([N+]#N)=C(\O)c1sc(-c2cccc(Cl)c2)cc1NC. The summed E-state index contributed by atoms with van der Waals surface area (Å²) in [6, 6.07) is 9.06. The second-order valence-corrected chi connectivity index (χ2v) is 6.12. The zero-order valence-electron chi connectivity index (χ0n) is 13.0. The molecule has 2 N–H and O–H groups in total. The highest BCUT2D eigenvalue weighted by atomic mass is 35.5. The van der Waals surface area contributed by atoms with Crippen LogP contribution in [-0.4, -0.2) is 24.7 Å². The van der Waals surface area contributed by atoms with Crippen LogP contribution in [0.1, 0.15) is 11.8 Å². The highest BCUT2D eigenvalue weighted by Gasteiger charge is 2.33. The number of aliphatic hydroxyl groups is 1. The van der Waals surface area contributed by atoms with Crippen molar-refractivity contribution in [3.63, 3.8) is 0 Å². The summed E-state index contributed by atoms with van der Waals surface area (Å²) in [5.41, 5.74) is 0.896. The Kier molecular flexibility index (Phi) is 5.79. The van der Waals surface area contributed by atoms with Gasteiger partial charge < -0.3 is 15.2 Å². The van der Waals surface area contributed by atoms with Crippen molar-refractivity contribution in [1.29, 1.82) is 5.39 Å². The van der Waals surface area contributed by atoms with Crippen LogP contribution in [0.4, 0.5) is 5.69 Å². The van der Waals surface area contributed by atoms with Gasteiger partial charge in [0.25, 0.3) is 0 Å². The largest absolute Gasteiger partial charge is 0.510 e. The molecule has 0 saturated heterocycles. The number of carbonyl (C=O) groups is 1. The molecule has 0 unspecified atom stereocenters. The first-order valence-corrected chi connectivity index (χ1v) is 8.24. The molecule has 0 aliphatic heterocycles. The lowest BCUT2D eigenvalue weighted by atomic mass is 10.2. The van der Waals surface area contributed by atoms with Crippen molar-refractivity contribution in [3.05, 3.63) is 50.9 Å². The van der Waals surface area contributed by atoms with Crippen molar-refractivity contribution in [3.8, 4) is 10.4 Å². The Labute approximate surface area is 148 Å². The van der Waals surface area contributed by atoms with E-state index in [1.807, 2.05) is 18.2 Å². The number of hydrogen-bond donors (Lipinski definition) is 2. The summed E-state index contributed by atoms with van der Waals surface area (Å²) in [6.45, 7) is 1.72. The second kappa shape index (κ2) is 7.81. The number of nitrogens with zero attached hydrogens (tertiary/aromatic N) is 2. The molecule has 8 heteroatoms. The van der Waals surface area contributed by atoms with Gasteiger partial charge in [-0.2, -0.15) is 0 Å². The summed E-state index contributed by atoms with van der Waals surface area (Å²) in [4.78, 5) is 15.8. The van der Waals surface area contributed by atoms with Crippen LogP contribution in [-0.2, 0) is 9.53 Å². The molecule has 0 fully saturated rings. The summed E-state index contributed by atoms with van der Waals surface area (Å²) in [6.07, 6.45) is 0. The van der Waals surface area contributed by atoms with E-state index in [1.54, 1.807) is 26.1 Å². The lowest BCUT2D eigenvalue weighted by molar-refractivity contribution is -0.138. The Morgan fingerprint density at radius 1 is 1.46 bits per heavy atom. The van der Waals surface area contributed by atoms with Gasteiger partial charge in [-0.05, 0) is 30.7 Å². The van der Waals surface area contributed by atoms with Crippen LogP contribution in [0.2, 0.25) is 5.02 Å². The fourth-order valence-electron chi connectivity index (χ4n) is 2.03. The molecule has 0 spiro atoms. The van der Waals surface area contributed by atoms with E-state index in [-0.39, 0.29) is 6.61 Å². The molecule has 0 atom stereocenters. The maximum Gasteiger partial charge on any atom is 0.510 e. The van der Waals surface area contributed by atoms with E-state index in [1.165, 1.54) is 11.3 Å². The molecule has 1 aromatic heterocycles. The van der Waals surface area contributed by atoms with Gasteiger partial charge >= 0.3 is 11.7 Å². The first-order chi connectivity index (χ1) is 11.5. The molecule has 0 bridgehead atoms. The van der Waals surface area contributed by atoms with Gasteiger partial charge in [-0.15, -0.1) is 11.3 Å². The first kappa shape index (κ1) is 17.8. The number of rotatable bonds is 5. The summed E-state index contributed by atoms with van der Waals surface area (Å²) >= 11 is 7.23. The van der Waals surface area contributed by atoms with Crippen LogP contribution in [0.15, 0.2) is 36.0 Å². The number of diazo groups is 1. The summed E-state index contributed by atoms with van der Waals surface area (Å²) < 4.78 is 4.77. The molecule has 124 valence electrons. The number of anilines is 1. The normalized spacial score (nSPS) is 11.4. The molecule has 1 heterocycles. The maximum absolute atomic E-state index is 11.8. The number of aliphatic hydroxyl groups excluding tert-OH is 1. The predicted molar refractivity (Wildman–Crippen MR) is 95.6 cm³/mol. The molecule has 0 saturated carbocycles. The van der Waals surface area contributed by atoms with Crippen LogP contribution in [0.25, 0.3) is 21.2 Å². The minimum Gasteiger partial charge on any atom is -0.500 e. The molecular formula is C16H15ClN3O3S+. The van der Waals surface area contributed by atoms with Crippen molar-refractivity contribution < 1.29 is 14.6 Å². The van der Waals surface area contributed by atoms with Crippen molar-refractivity contribution in [2.75, 3.05) is 19.0 Å². The Bertz CT molecular complexity index is 839. The molecule has 2 rings (SSSR count). The zero-order chi connectivity index (χ0) is 17.7. The number of hydrogen-bond acceptors (Lipinski definition) is 6. The third kappa shape index (κ3) is 3.67. The molecule has 0 radical (unpaired) electrons. The Hall–Kier alpha value is -2.56. The molecule has 2 aromatic rings. The first-order valence-electron chi connectivity index (χ1n) is 7.05. The van der Waals surface area contributed by atoms with Gasteiger partial charge in [0.2, 0.25) is 11.2 Å². The molecule has 1 aromatic carbocycles. The van der Waals surface area contributed by atoms with Crippen LogP contribution in [0.5, 0.6) is 0 Å². The Morgan fingerprint density at radius 3 is 2.79 bits per heavy atom. The Balaban J connectivity index is 2.54. The summed E-state index contributed by atoms with van der Waals surface area (Å²) in [5, 5.41) is 23.0. The zero-order valence-corrected chi connectivity index (χ0v) is 14.6. The number of benzene rings is 1. The quantitative estimate of drug-likeness (QED) is 0.346. The van der Waals surface area contributed by atoms with Gasteiger partial charge in [-0.25, -0.2) is 4.79 Å². The van der Waals surface area contributed by atoms with E-state index < -0.39 is 17.4 Å². The topological polar surface area (TPSA) is 86.7 Å². The van der Waals surface area contributed by atoms with Crippen molar-refractivity contribution in [2.24, 2.45) is 0 Å². The van der Waals surface area contributed by atoms with E-state index >= 15 is 0 Å². The van der Waals surface area contributed by atoms with Crippen LogP contribution >= 0.6 is 22.9 Å². The third-order valence-electron chi connectivity index (χ3n) is 3.12. The monoisotopic (exact) mass is 364 g/mol. The Morgan fingerprint density at radius 2 is 2.21 bits per heavy atom. The van der Waals surface area contributed by atoms with E-state index in [2.05, 4.69) is 10.3 Å². The smallest absolute Gasteiger partial charge is 0.500 e. The van der Waals surface area contributed by atoms with Gasteiger partial charge in [0.1, 0.15) is 4.88 Å². The van der Waals surface area contributed by atoms with E-state index in [0.717, 1.165) is 10.4 Å². The molecule has 24 heavy (non-hydrogen) atoms. The minimum atomic E-state index is -0.905. The minimum absolute atomic E-state index is 0.0994. The van der Waals surface area contributed by atoms with E-state index in [9.17, 15) is 9.90 Å². The number of nitrogens with one attached hydrogen (secondary N) is 1. The number of ether oxygens (including phenoxy) is 1. The second-order valence-electron chi connectivity index (χ2n) is 4.63. The highest BCUT2D eigenvalue weighted by molar-refractivity contribution is 7.17. The summed E-state index contributed by atoms with van der Waals surface area (Å²) in [7, 11) is 1.68. The van der Waals surface area contributed by atoms with E-state index in [4.69, 9.17) is 21.7 Å². The summed E-state index contributed by atoms with van der Waals surface area (Å²) in [5.74, 6) is -1.36. The molecule has 0 aliphatic rings. The predicted octanol–water partition coefficient (Wildman–Crippen LogP) is 4.75. The lowest BCUT2D eigenvalue weighted by Gasteiger charge is -1.99. The maximum atomic E-state index is 11.8. The van der Waals surface area contributed by atoms with Crippen LogP contribution in [0, 0.1) is 5.39 Å². The van der Waals surface area contributed by atoms with E-state index in [0.29, 0.717) is 15.6 Å². The van der Waals surface area contributed by atoms with Gasteiger partial charge in [-0.1, -0.05) is 23.7 Å². The standard InChI is InChI=1S/C16H14ClN3O3S/c1-3-23-16(22)13(20-18)14(21)15-11(19-2)8-12(24-15)9-5-4-6-10(17)7-9/h4-8H,3H2,1-2H3,(H-,19,21,22)/p+1. The molecule has 6 nitrogen and oxygen atoms in total. The number of esters is 1. The van der Waals surface area contributed by atoms with Crippen LogP contribution < -0.4 is 5.32 Å². The lowest BCUT2D eigenvalue weighted by Crippen LogP contribution is -2.07. The van der Waals surface area contributed by atoms with Gasteiger partial charge in [-0.3, -0.25) is 0 Å². The highest BCUT2D eigenvalue weighted by Crippen LogP contribution is 2.39. The molecule has 0 amide bonds. The van der Waals surface area contributed by atoms with Crippen molar-refractivity contribution >= 4 is 40.4 Å². The third-order valence-corrected chi connectivity index (χ3v) is 4.54. The van der Waals surface area contributed by atoms with Crippen LogP contribution in [0.3, 0.4) is 0 Å². The van der Waals surface area contributed by atoms with Gasteiger partial charge in [0.15, 0.2) is 4.98 Å². The van der Waals surface area contributed by atoms with Gasteiger partial charge in [0, 0.05) is 16.9 Å². The fraction of sp³-hybridized carbons (Fsp3) is 0.188. The van der Waals surface area contributed by atoms with Gasteiger partial charge in [0.05, 0.1) is 12.3 Å². The average molecular weight is 365 g/mol. The number of thiophene rings is 1. The number of halogens is 1. The average Bonchev–Trinajstić information content (AvgIpc) is 3.00. The number of carbonyl (C=O) groups excluding carboxylic acids is 1.